The molecule has 0 N–H and O–H groups in total. The SMILES string of the molecule is Clc1cc(-c2ccccc2Oc2ccccc2)ncn1. The molecule has 0 fully saturated rings. The maximum absolute atomic E-state index is 5.92. The van der Waals surface area contributed by atoms with Crippen molar-refractivity contribution in [1.29, 1.82) is 0 Å². The zero-order valence-corrected chi connectivity index (χ0v) is 11.3. The van der Waals surface area contributed by atoms with Gasteiger partial charge in [-0.3, -0.25) is 0 Å². The molecule has 2 aromatic carbocycles. The van der Waals surface area contributed by atoms with Crippen molar-refractivity contribution in [3.8, 4) is 22.8 Å². The van der Waals surface area contributed by atoms with E-state index >= 15 is 0 Å². The Bertz CT molecular complexity index is 716. The smallest absolute Gasteiger partial charge is 0.136 e. The van der Waals surface area contributed by atoms with Gasteiger partial charge in [-0.15, -0.1) is 0 Å². The second-order valence-electron chi connectivity index (χ2n) is 4.14. The standard InChI is InChI=1S/C16H11ClN2O/c17-16-10-14(18-11-19-16)13-8-4-5-9-15(13)20-12-6-2-1-3-7-12/h1-11H. The lowest BCUT2D eigenvalue weighted by atomic mass is 10.1. The molecule has 0 amide bonds. The Morgan fingerprint density at radius 3 is 2.40 bits per heavy atom. The number of hydrogen-bond donors (Lipinski definition) is 0. The van der Waals surface area contributed by atoms with Gasteiger partial charge in [0.1, 0.15) is 23.0 Å². The summed E-state index contributed by atoms with van der Waals surface area (Å²) in [5.41, 5.74) is 1.61. The fourth-order valence-electron chi connectivity index (χ4n) is 1.86. The van der Waals surface area contributed by atoms with E-state index in [0.29, 0.717) is 5.15 Å². The van der Waals surface area contributed by atoms with Crippen LogP contribution in [0.15, 0.2) is 67.0 Å². The zero-order chi connectivity index (χ0) is 13.8. The quantitative estimate of drug-likeness (QED) is 0.659. The van der Waals surface area contributed by atoms with E-state index < -0.39 is 0 Å². The van der Waals surface area contributed by atoms with Gasteiger partial charge in [0.25, 0.3) is 0 Å². The van der Waals surface area contributed by atoms with Crippen LogP contribution < -0.4 is 4.74 Å². The minimum absolute atomic E-state index is 0.407. The van der Waals surface area contributed by atoms with E-state index in [1.165, 1.54) is 6.33 Å². The van der Waals surface area contributed by atoms with Crippen LogP contribution in [-0.2, 0) is 0 Å². The molecule has 4 heteroatoms. The molecule has 0 aliphatic rings. The van der Waals surface area contributed by atoms with Gasteiger partial charge in [0.15, 0.2) is 0 Å². The molecule has 0 saturated carbocycles. The molecule has 0 saturated heterocycles. The molecule has 0 unspecified atom stereocenters. The third-order valence-electron chi connectivity index (χ3n) is 2.77. The topological polar surface area (TPSA) is 35.0 Å². The maximum Gasteiger partial charge on any atom is 0.136 e. The molecule has 3 rings (SSSR count). The van der Waals surface area contributed by atoms with Crippen LogP contribution in [0.3, 0.4) is 0 Å². The van der Waals surface area contributed by atoms with Gasteiger partial charge in [-0.1, -0.05) is 41.9 Å². The summed E-state index contributed by atoms with van der Waals surface area (Å²) in [4.78, 5) is 8.13. The molecule has 0 bridgehead atoms. The van der Waals surface area contributed by atoms with Gasteiger partial charge >= 0.3 is 0 Å². The molecular weight excluding hydrogens is 272 g/mol. The molecule has 20 heavy (non-hydrogen) atoms. The lowest BCUT2D eigenvalue weighted by molar-refractivity contribution is 0.484. The molecule has 3 aromatic rings. The Hall–Kier alpha value is -2.39. The first kappa shape index (κ1) is 12.6. The van der Waals surface area contributed by atoms with Crippen molar-refractivity contribution >= 4 is 11.6 Å². The van der Waals surface area contributed by atoms with Gasteiger partial charge in [0, 0.05) is 11.6 Å². The Labute approximate surface area is 121 Å². The lowest BCUT2D eigenvalue weighted by Gasteiger charge is -2.10. The predicted molar refractivity (Wildman–Crippen MR) is 79.0 cm³/mol. The van der Waals surface area contributed by atoms with Crippen LogP contribution in [-0.4, -0.2) is 9.97 Å². The molecule has 0 spiro atoms. The number of halogens is 1. The van der Waals surface area contributed by atoms with Gasteiger partial charge < -0.3 is 4.74 Å². The highest BCUT2D eigenvalue weighted by molar-refractivity contribution is 6.29. The highest BCUT2D eigenvalue weighted by Crippen LogP contribution is 2.32. The highest BCUT2D eigenvalue weighted by Gasteiger charge is 2.08. The van der Waals surface area contributed by atoms with Gasteiger partial charge in [-0.25, -0.2) is 9.97 Å². The largest absolute Gasteiger partial charge is 0.457 e. The normalized spacial score (nSPS) is 10.2. The summed E-state index contributed by atoms with van der Waals surface area (Å²) in [5.74, 6) is 1.51. The molecule has 0 aliphatic carbocycles. The number of para-hydroxylation sites is 2. The van der Waals surface area contributed by atoms with Crippen molar-refractivity contribution in [3.05, 3.63) is 72.1 Å². The number of aromatic nitrogens is 2. The van der Waals surface area contributed by atoms with Crippen LogP contribution in [0.4, 0.5) is 0 Å². The average molecular weight is 283 g/mol. The summed E-state index contributed by atoms with van der Waals surface area (Å²) >= 11 is 5.92. The van der Waals surface area contributed by atoms with Crippen LogP contribution in [0.1, 0.15) is 0 Å². The Balaban J connectivity index is 2.00. The Morgan fingerprint density at radius 1 is 0.850 bits per heavy atom. The molecule has 0 aliphatic heterocycles. The third-order valence-corrected chi connectivity index (χ3v) is 2.97. The zero-order valence-electron chi connectivity index (χ0n) is 10.5. The van der Waals surface area contributed by atoms with Crippen LogP contribution in [0.5, 0.6) is 11.5 Å². The fourth-order valence-corrected chi connectivity index (χ4v) is 2.01. The van der Waals surface area contributed by atoms with E-state index in [1.54, 1.807) is 6.07 Å². The predicted octanol–water partition coefficient (Wildman–Crippen LogP) is 4.59. The van der Waals surface area contributed by atoms with E-state index in [9.17, 15) is 0 Å². The monoisotopic (exact) mass is 282 g/mol. The lowest BCUT2D eigenvalue weighted by Crippen LogP contribution is -1.90. The minimum atomic E-state index is 0.407. The number of hydrogen-bond acceptors (Lipinski definition) is 3. The van der Waals surface area contributed by atoms with Gasteiger partial charge in [0.05, 0.1) is 5.69 Å². The molecule has 0 radical (unpaired) electrons. The van der Waals surface area contributed by atoms with Gasteiger partial charge in [-0.05, 0) is 24.3 Å². The summed E-state index contributed by atoms with van der Waals surface area (Å²) in [6.07, 6.45) is 1.44. The summed E-state index contributed by atoms with van der Waals surface area (Å²) < 4.78 is 5.90. The van der Waals surface area contributed by atoms with Crippen LogP contribution in [0, 0.1) is 0 Å². The highest BCUT2D eigenvalue weighted by atomic mass is 35.5. The first-order valence-electron chi connectivity index (χ1n) is 6.13. The first-order valence-corrected chi connectivity index (χ1v) is 6.50. The average Bonchev–Trinajstić information content (AvgIpc) is 2.49. The van der Waals surface area contributed by atoms with Crippen LogP contribution in [0.25, 0.3) is 11.3 Å². The molecule has 3 nitrogen and oxygen atoms in total. The number of nitrogens with zero attached hydrogens (tertiary/aromatic N) is 2. The maximum atomic E-state index is 5.92. The molecular formula is C16H11ClN2O. The first-order chi connectivity index (χ1) is 9.83. The minimum Gasteiger partial charge on any atom is -0.457 e. The molecule has 98 valence electrons. The third kappa shape index (κ3) is 2.78. The van der Waals surface area contributed by atoms with Crippen molar-refractivity contribution in [3.63, 3.8) is 0 Å². The van der Waals surface area contributed by atoms with E-state index in [-0.39, 0.29) is 0 Å². The van der Waals surface area contributed by atoms with Crippen molar-refractivity contribution in [2.75, 3.05) is 0 Å². The van der Waals surface area contributed by atoms with E-state index in [4.69, 9.17) is 16.3 Å². The van der Waals surface area contributed by atoms with Crippen molar-refractivity contribution in [2.45, 2.75) is 0 Å². The fraction of sp³-hybridized carbons (Fsp3) is 0. The van der Waals surface area contributed by atoms with E-state index in [2.05, 4.69) is 9.97 Å². The van der Waals surface area contributed by atoms with Crippen molar-refractivity contribution in [2.24, 2.45) is 0 Å². The van der Waals surface area contributed by atoms with Crippen LogP contribution >= 0.6 is 11.6 Å². The summed E-state index contributed by atoms with van der Waals surface area (Å²) in [5, 5.41) is 0.407. The van der Waals surface area contributed by atoms with Crippen molar-refractivity contribution in [1.82, 2.24) is 9.97 Å². The second kappa shape index (κ2) is 5.72. The second-order valence-corrected chi connectivity index (χ2v) is 4.52. The van der Waals surface area contributed by atoms with Crippen LogP contribution in [0.2, 0.25) is 5.15 Å². The van der Waals surface area contributed by atoms with Crippen molar-refractivity contribution < 1.29 is 4.74 Å². The molecule has 1 heterocycles. The summed E-state index contributed by atoms with van der Waals surface area (Å²) in [7, 11) is 0. The van der Waals surface area contributed by atoms with Gasteiger partial charge in [0.2, 0.25) is 0 Å². The van der Waals surface area contributed by atoms with Gasteiger partial charge in [-0.2, -0.15) is 0 Å². The molecule has 1 aromatic heterocycles. The van der Waals surface area contributed by atoms with E-state index in [0.717, 1.165) is 22.8 Å². The molecule has 0 atom stereocenters. The number of ether oxygens (including phenoxy) is 1. The number of benzene rings is 2. The number of rotatable bonds is 3. The summed E-state index contributed by atoms with van der Waals surface area (Å²) in [6, 6.07) is 19.0. The Morgan fingerprint density at radius 2 is 1.60 bits per heavy atom. The van der Waals surface area contributed by atoms with E-state index in [1.807, 2.05) is 54.6 Å². The Kier molecular flexibility index (Phi) is 3.61. The summed E-state index contributed by atoms with van der Waals surface area (Å²) in [6.45, 7) is 0.